The fourth-order valence-electron chi connectivity index (χ4n) is 1.15. The molecule has 3 nitrogen and oxygen atoms in total. The Morgan fingerprint density at radius 2 is 1.93 bits per heavy atom. The zero-order valence-electron chi connectivity index (χ0n) is 8.00. The summed E-state index contributed by atoms with van der Waals surface area (Å²) in [6.45, 7) is 0. The Hall–Kier alpha value is -1.21. The highest BCUT2D eigenvalue weighted by atomic mass is 79.9. The summed E-state index contributed by atoms with van der Waals surface area (Å²) in [6, 6.07) is 5.68. The van der Waals surface area contributed by atoms with E-state index in [1.165, 1.54) is 0 Å². The SMILES string of the molecule is COc1cc(OC)c(CC#N)cc1Br. The molecular formula is C10H10BrNO2. The normalized spacial score (nSPS) is 9.29. The zero-order valence-corrected chi connectivity index (χ0v) is 9.59. The van der Waals surface area contributed by atoms with E-state index in [0.717, 1.165) is 10.0 Å². The molecular weight excluding hydrogens is 246 g/mol. The number of hydrogen-bond donors (Lipinski definition) is 0. The van der Waals surface area contributed by atoms with Gasteiger partial charge in [0, 0.05) is 11.6 Å². The van der Waals surface area contributed by atoms with Gasteiger partial charge in [0.2, 0.25) is 0 Å². The molecule has 0 N–H and O–H groups in total. The first-order valence-corrected chi connectivity index (χ1v) is 4.79. The van der Waals surface area contributed by atoms with Crippen LogP contribution in [0.2, 0.25) is 0 Å². The van der Waals surface area contributed by atoms with E-state index in [0.29, 0.717) is 17.9 Å². The summed E-state index contributed by atoms with van der Waals surface area (Å²) in [5.74, 6) is 1.37. The van der Waals surface area contributed by atoms with Gasteiger partial charge < -0.3 is 9.47 Å². The topological polar surface area (TPSA) is 42.2 Å². The van der Waals surface area contributed by atoms with Crippen LogP contribution in [0.15, 0.2) is 16.6 Å². The van der Waals surface area contributed by atoms with E-state index in [9.17, 15) is 0 Å². The number of benzene rings is 1. The van der Waals surface area contributed by atoms with Gasteiger partial charge in [0.25, 0.3) is 0 Å². The summed E-state index contributed by atoms with van der Waals surface area (Å²) >= 11 is 3.35. The second-order valence-electron chi connectivity index (χ2n) is 2.63. The Labute approximate surface area is 91.4 Å². The number of methoxy groups -OCH3 is 2. The molecule has 0 atom stereocenters. The molecule has 1 aromatic rings. The quantitative estimate of drug-likeness (QED) is 0.834. The molecule has 4 heteroatoms. The molecule has 0 saturated heterocycles. The van der Waals surface area contributed by atoms with Gasteiger partial charge in [-0.05, 0) is 22.0 Å². The molecule has 0 aromatic heterocycles. The third kappa shape index (κ3) is 2.18. The predicted octanol–water partition coefficient (Wildman–Crippen LogP) is 2.53. The summed E-state index contributed by atoms with van der Waals surface area (Å²) in [6.07, 6.45) is 0.325. The van der Waals surface area contributed by atoms with Crippen molar-refractivity contribution in [2.24, 2.45) is 0 Å². The molecule has 14 heavy (non-hydrogen) atoms. The molecule has 0 saturated carbocycles. The Morgan fingerprint density at radius 3 is 2.43 bits per heavy atom. The van der Waals surface area contributed by atoms with Crippen molar-refractivity contribution in [2.45, 2.75) is 6.42 Å². The van der Waals surface area contributed by atoms with Crippen LogP contribution >= 0.6 is 15.9 Å². The van der Waals surface area contributed by atoms with Crippen LogP contribution in [0.1, 0.15) is 5.56 Å². The van der Waals surface area contributed by atoms with E-state index in [4.69, 9.17) is 14.7 Å². The molecule has 1 aromatic carbocycles. The van der Waals surface area contributed by atoms with Gasteiger partial charge >= 0.3 is 0 Å². The van der Waals surface area contributed by atoms with Crippen molar-refractivity contribution < 1.29 is 9.47 Å². The van der Waals surface area contributed by atoms with Crippen LogP contribution in [0.5, 0.6) is 11.5 Å². The average Bonchev–Trinajstić information content (AvgIpc) is 2.19. The van der Waals surface area contributed by atoms with Crippen molar-refractivity contribution in [2.75, 3.05) is 14.2 Å². The Morgan fingerprint density at radius 1 is 1.29 bits per heavy atom. The van der Waals surface area contributed by atoms with Crippen LogP contribution in [0.3, 0.4) is 0 Å². The molecule has 0 aliphatic carbocycles. The Kier molecular flexibility index (Phi) is 3.78. The fraction of sp³-hybridized carbons (Fsp3) is 0.300. The molecule has 0 unspecified atom stereocenters. The molecule has 0 radical (unpaired) electrons. The van der Waals surface area contributed by atoms with E-state index in [-0.39, 0.29) is 0 Å². The van der Waals surface area contributed by atoms with Gasteiger partial charge in [-0.2, -0.15) is 5.26 Å². The summed E-state index contributed by atoms with van der Waals surface area (Å²) in [5, 5.41) is 8.60. The maximum Gasteiger partial charge on any atom is 0.136 e. The van der Waals surface area contributed by atoms with Gasteiger partial charge in [0.05, 0.1) is 31.2 Å². The van der Waals surface area contributed by atoms with Crippen molar-refractivity contribution in [1.29, 1.82) is 5.26 Å². The maximum absolute atomic E-state index is 8.60. The Bertz CT molecular complexity index is 371. The summed E-state index contributed by atoms with van der Waals surface area (Å²) in [4.78, 5) is 0. The van der Waals surface area contributed by atoms with Crippen molar-refractivity contribution in [3.05, 3.63) is 22.2 Å². The van der Waals surface area contributed by atoms with Crippen molar-refractivity contribution in [3.63, 3.8) is 0 Å². The van der Waals surface area contributed by atoms with E-state index < -0.39 is 0 Å². The molecule has 0 aliphatic rings. The lowest BCUT2D eigenvalue weighted by Gasteiger charge is -2.09. The largest absolute Gasteiger partial charge is 0.496 e. The van der Waals surface area contributed by atoms with Crippen LogP contribution in [0, 0.1) is 11.3 Å². The van der Waals surface area contributed by atoms with E-state index in [1.807, 2.05) is 6.07 Å². The number of nitriles is 1. The molecule has 0 amide bonds. The lowest BCUT2D eigenvalue weighted by atomic mass is 10.1. The highest BCUT2D eigenvalue weighted by Gasteiger charge is 2.08. The van der Waals surface area contributed by atoms with Crippen LogP contribution in [0.4, 0.5) is 0 Å². The van der Waals surface area contributed by atoms with Crippen molar-refractivity contribution in [1.82, 2.24) is 0 Å². The third-order valence-corrected chi connectivity index (χ3v) is 2.44. The molecule has 74 valence electrons. The molecule has 0 fully saturated rings. The van der Waals surface area contributed by atoms with Crippen LogP contribution in [-0.2, 0) is 6.42 Å². The minimum atomic E-state index is 0.325. The van der Waals surface area contributed by atoms with Gasteiger partial charge in [-0.15, -0.1) is 0 Å². The monoisotopic (exact) mass is 255 g/mol. The van der Waals surface area contributed by atoms with E-state index in [2.05, 4.69) is 22.0 Å². The maximum atomic E-state index is 8.60. The van der Waals surface area contributed by atoms with Crippen LogP contribution < -0.4 is 9.47 Å². The smallest absolute Gasteiger partial charge is 0.136 e. The Balaban J connectivity index is 3.18. The van der Waals surface area contributed by atoms with Gasteiger partial charge in [-0.3, -0.25) is 0 Å². The van der Waals surface area contributed by atoms with Crippen LogP contribution in [-0.4, -0.2) is 14.2 Å². The summed E-state index contributed by atoms with van der Waals surface area (Å²) < 4.78 is 11.1. The lowest BCUT2D eigenvalue weighted by molar-refractivity contribution is 0.390. The minimum Gasteiger partial charge on any atom is -0.496 e. The predicted molar refractivity (Wildman–Crippen MR) is 56.6 cm³/mol. The standard InChI is InChI=1S/C10H10BrNO2/c1-13-9-6-10(14-2)8(11)5-7(9)3-4-12/h5-6H,3H2,1-2H3. The highest BCUT2D eigenvalue weighted by molar-refractivity contribution is 9.10. The van der Waals surface area contributed by atoms with Gasteiger partial charge in [0.15, 0.2) is 0 Å². The van der Waals surface area contributed by atoms with Crippen molar-refractivity contribution >= 4 is 15.9 Å². The minimum absolute atomic E-state index is 0.325. The number of halogens is 1. The first kappa shape index (κ1) is 10.9. The molecule has 1 rings (SSSR count). The molecule has 0 spiro atoms. The molecule has 0 bridgehead atoms. The second-order valence-corrected chi connectivity index (χ2v) is 3.49. The number of nitrogens with zero attached hydrogens (tertiary/aromatic N) is 1. The number of ether oxygens (including phenoxy) is 2. The van der Waals surface area contributed by atoms with Gasteiger partial charge in [-0.25, -0.2) is 0 Å². The lowest BCUT2D eigenvalue weighted by Crippen LogP contribution is -1.93. The summed E-state index contributed by atoms with van der Waals surface area (Å²) in [7, 11) is 3.16. The van der Waals surface area contributed by atoms with Gasteiger partial charge in [-0.1, -0.05) is 0 Å². The first-order chi connectivity index (χ1) is 6.72. The zero-order chi connectivity index (χ0) is 10.6. The fourth-order valence-corrected chi connectivity index (χ4v) is 1.70. The first-order valence-electron chi connectivity index (χ1n) is 4.00. The van der Waals surface area contributed by atoms with Gasteiger partial charge in [0.1, 0.15) is 11.5 Å². The highest BCUT2D eigenvalue weighted by Crippen LogP contribution is 2.32. The third-order valence-electron chi connectivity index (χ3n) is 1.82. The second kappa shape index (κ2) is 4.87. The van der Waals surface area contributed by atoms with Crippen molar-refractivity contribution in [3.8, 4) is 17.6 Å². The average molecular weight is 256 g/mol. The van der Waals surface area contributed by atoms with E-state index in [1.54, 1.807) is 20.3 Å². The number of rotatable bonds is 3. The van der Waals surface area contributed by atoms with Crippen LogP contribution in [0.25, 0.3) is 0 Å². The summed E-state index contributed by atoms with van der Waals surface area (Å²) in [5.41, 5.74) is 0.850. The van der Waals surface area contributed by atoms with E-state index >= 15 is 0 Å². The number of hydrogen-bond acceptors (Lipinski definition) is 3. The molecule has 0 aliphatic heterocycles. The molecule has 0 heterocycles.